The van der Waals surface area contributed by atoms with Crippen molar-refractivity contribution in [2.45, 2.75) is 13.0 Å². The first-order chi connectivity index (χ1) is 10.6. The Labute approximate surface area is 131 Å². The van der Waals surface area contributed by atoms with Crippen LogP contribution in [0.2, 0.25) is 0 Å². The Hall–Kier alpha value is -2.50. The number of carbonyl (C=O) groups is 1. The predicted octanol–water partition coefficient (Wildman–Crippen LogP) is 1.49. The zero-order valence-electron chi connectivity index (χ0n) is 13.1. The van der Waals surface area contributed by atoms with Crippen LogP contribution < -0.4 is 15.5 Å². The molecule has 0 bridgehead atoms. The van der Waals surface area contributed by atoms with Crippen molar-refractivity contribution >= 4 is 11.7 Å². The number of hydrogen-bond donors (Lipinski definition) is 2. The quantitative estimate of drug-likeness (QED) is 0.814. The van der Waals surface area contributed by atoms with E-state index in [1.54, 1.807) is 12.5 Å². The van der Waals surface area contributed by atoms with Gasteiger partial charge < -0.3 is 20.1 Å². The second-order valence-electron chi connectivity index (χ2n) is 5.29. The highest BCUT2D eigenvalue weighted by molar-refractivity contribution is 5.73. The molecule has 1 heterocycles. The van der Waals surface area contributed by atoms with Gasteiger partial charge in [-0.25, -0.2) is 9.78 Å². The number of nitrogens with one attached hydrogen (secondary N) is 2. The smallest absolute Gasteiger partial charge is 0.314 e. The van der Waals surface area contributed by atoms with Gasteiger partial charge in [0.15, 0.2) is 0 Å². The van der Waals surface area contributed by atoms with Crippen LogP contribution in [0.25, 0.3) is 0 Å². The maximum atomic E-state index is 11.7. The number of amides is 2. The van der Waals surface area contributed by atoms with Crippen molar-refractivity contribution in [3.63, 3.8) is 0 Å². The number of benzene rings is 1. The molecular formula is C16H23N5O. The third kappa shape index (κ3) is 5.12. The van der Waals surface area contributed by atoms with Crippen LogP contribution in [0.3, 0.4) is 0 Å². The molecule has 2 aromatic rings. The molecular weight excluding hydrogens is 278 g/mol. The molecule has 0 aliphatic rings. The molecule has 0 atom stereocenters. The highest BCUT2D eigenvalue weighted by atomic mass is 16.2. The third-order valence-electron chi connectivity index (χ3n) is 3.37. The number of hydrogen-bond acceptors (Lipinski definition) is 3. The number of rotatable bonds is 7. The number of anilines is 1. The number of imidazole rings is 1. The van der Waals surface area contributed by atoms with Crippen molar-refractivity contribution in [1.82, 2.24) is 20.2 Å². The van der Waals surface area contributed by atoms with Crippen LogP contribution >= 0.6 is 0 Å². The van der Waals surface area contributed by atoms with E-state index in [4.69, 9.17) is 0 Å². The fourth-order valence-corrected chi connectivity index (χ4v) is 2.06. The van der Waals surface area contributed by atoms with Crippen LogP contribution in [-0.2, 0) is 13.0 Å². The summed E-state index contributed by atoms with van der Waals surface area (Å²) in [6, 6.07) is 8.22. The average Bonchev–Trinajstić information content (AvgIpc) is 3.01. The minimum absolute atomic E-state index is 0.134. The van der Waals surface area contributed by atoms with Crippen LogP contribution in [-0.4, -0.2) is 42.8 Å². The lowest BCUT2D eigenvalue weighted by Crippen LogP contribution is -2.38. The van der Waals surface area contributed by atoms with Gasteiger partial charge in [0.05, 0.1) is 6.33 Å². The van der Waals surface area contributed by atoms with E-state index < -0.39 is 0 Å². The van der Waals surface area contributed by atoms with Gasteiger partial charge in [-0.1, -0.05) is 12.1 Å². The van der Waals surface area contributed by atoms with Gasteiger partial charge in [0.25, 0.3) is 0 Å². The van der Waals surface area contributed by atoms with Crippen LogP contribution in [0.5, 0.6) is 0 Å². The van der Waals surface area contributed by atoms with Crippen molar-refractivity contribution in [2.24, 2.45) is 0 Å². The lowest BCUT2D eigenvalue weighted by Gasteiger charge is -2.13. The molecule has 2 amide bonds. The highest BCUT2D eigenvalue weighted by Crippen LogP contribution is 2.12. The molecule has 6 heteroatoms. The number of aromatic nitrogens is 2. The summed E-state index contributed by atoms with van der Waals surface area (Å²) in [5, 5.41) is 5.69. The fourth-order valence-electron chi connectivity index (χ4n) is 2.06. The van der Waals surface area contributed by atoms with Crippen LogP contribution in [0, 0.1) is 0 Å². The lowest BCUT2D eigenvalue weighted by atomic mass is 10.1. The molecule has 0 unspecified atom stereocenters. The molecule has 118 valence electrons. The molecule has 2 N–H and O–H groups in total. The second-order valence-corrected chi connectivity index (χ2v) is 5.29. The van der Waals surface area contributed by atoms with E-state index >= 15 is 0 Å². The van der Waals surface area contributed by atoms with Gasteiger partial charge in [0.2, 0.25) is 0 Å². The van der Waals surface area contributed by atoms with Crippen LogP contribution in [0.1, 0.15) is 5.56 Å². The van der Waals surface area contributed by atoms with Crippen LogP contribution in [0.4, 0.5) is 10.5 Å². The Balaban J connectivity index is 1.62. The standard InChI is InChI=1S/C16H23N5O/c1-20(2)15-5-3-14(4-6-15)7-8-18-16(22)19-10-12-21-11-9-17-13-21/h3-6,9,11,13H,7-8,10,12H2,1-2H3,(H2,18,19,22). The molecule has 0 saturated heterocycles. The molecule has 22 heavy (non-hydrogen) atoms. The van der Waals surface area contributed by atoms with Gasteiger partial charge in [-0.2, -0.15) is 0 Å². The Kier molecular flexibility index (Phi) is 5.82. The van der Waals surface area contributed by atoms with Gasteiger partial charge in [0.1, 0.15) is 0 Å². The predicted molar refractivity (Wildman–Crippen MR) is 88.1 cm³/mol. The van der Waals surface area contributed by atoms with Gasteiger partial charge in [-0.3, -0.25) is 0 Å². The molecule has 1 aromatic carbocycles. The third-order valence-corrected chi connectivity index (χ3v) is 3.37. The minimum atomic E-state index is -0.134. The maximum absolute atomic E-state index is 11.7. The van der Waals surface area contributed by atoms with Gasteiger partial charge >= 0.3 is 6.03 Å². The summed E-state index contributed by atoms with van der Waals surface area (Å²) in [5.41, 5.74) is 2.39. The normalized spacial score (nSPS) is 10.3. The first-order valence-corrected chi connectivity index (χ1v) is 7.39. The highest BCUT2D eigenvalue weighted by Gasteiger charge is 2.00. The summed E-state index contributed by atoms with van der Waals surface area (Å²) in [4.78, 5) is 17.7. The summed E-state index contributed by atoms with van der Waals surface area (Å²) in [7, 11) is 4.04. The Morgan fingerprint density at radius 1 is 1.18 bits per heavy atom. The molecule has 0 saturated carbocycles. The molecule has 0 spiro atoms. The van der Waals surface area contributed by atoms with E-state index in [2.05, 4.69) is 44.8 Å². The topological polar surface area (TPSA) is 62.2 Å². The van der Waals surface area contributed by atoms with Crippen molar-refractivity contribution in [3.05, 3.63) is 48.5 Å². The average molecular weight is 301 g/mol. The van der Waals surface area contributed by atoms with E-state index in [0.29, 0.717) is 13.1 Å². The largest absolute Gasteiger partial charge is 0.378 e. The molecule has 0 aliphatic carbocycles. The van der Waals surface area contributed by atoms with Crippen molar-refractivity contribution < 1.29 is 4.79 Å². The number of carbonyl (C=O) groups excluding carboxylic acids is 1. The number of urea groups is 1. The molecule has 0 radical (unpaired) electrons. The summed E-state index contributed by atoms with van der Waals surface area (Å²) in [6.07, 6.45) is 6.15. The SMILES string of the molecule is CN(C)c1ccc(CCNC(=O)NCCn2ccnc2)cc1. The fraction of sp³-hybridized carbons (Fsp3) is 0.375. The van der Waals surface area contributed by atoms with Gasteiger partial charge in [-0.15, -0.1) is 0 Å². The second kappa shape index (κ2) is 8.07. The van der Waals surface area contributed by atoms with Crippen LogP contribution in [0.15, 0.2) is 43.0 Å². The molecule has 0 aliphatic heterocycles. The van der Waals surface area contributed by atoms with Crippen molar-refractivity contribution in [1.29, 1.82) is 0 Å². The van der Waals surface area contributed by atoms with Crippen molar-refractivity contribution in [2.75, 3.05) is 32.1 Å². The minimum Gasteiger partial charge on any atom is -0.378 e. The zero-order valence-corrected chi connectivity index (χ0v) is 13.1. The Bertz CT molecular complexity index is 563. The zero-order chi connectivity index (χ0) is 15.8. The Morgan fingerprint density at radius 2 is 1.91 bits per heavy atom. The van der Waals surface area contributed by atoms with E-state index in [9.17, 15) is 4.79 Å². The summed E-state index contributed by atoms with van der Waals surface area (Å²) in [6.45, 7) is 1.93. The van der Waals surface area contributed by atoms with E-state index in [1.165, 1.54) is 11.3 Å². The molecule has 0 fully saturated rings. The lowest BCUT2D eigenvalue weighted by molar-refractivity contribution is 0.240. The van der Waals surface area contributed by atoms with Gasteiger partial charge in [-0.05, 0) is 24.1 Å². The van der Waals surface area contributed by atoms with E-state index in [1.807, 2.05) is 24.9 Å². The first kappa shape index (κ1) is 15.9. The first-order valence-electron chi connectivity index (χ1n) is 7.39. The molecule has 1 aromatic heterocycles. The molecule has 6 nitrogen and oxygen atoms in total. The summed E-state index contributed by atoms with van der Waals surface area (Å²) < 4.78 is 1.92. The maximum Gasteiger partial charge on any atom is 0.314 e. The Morgan fingerprint density at radius 3 is 2.55 bits per heavy atom. The summed E-state index contributed by atoms with van der Waals surface area (Å²) in [5.74, 6) is 0. The monoisotopic (exact) mass is 301 g/mol. The summed E-state index contributed by atoms with van der Waals surface area (Å²) >= 11 is 0. The van der Waals surface area contributed by atoms with Gasteiger partial charge in [0, 0.05) is 51.8 Å². The van der Waals surface area contributed by atoms with E-state index in [-0.39, 0.29) is 6.03 Å². The number of nitrogens with zero attached hydrogens (tertiary/aromatic N) is 3. The van der Waals surface area contributed by atoms with Crippen molar-refractivity contribution in [3.8, 4) is 0 Å². The van der Waals surface area contributed by atoms with E-state index in [0.717, 1.165) is 13.0 Å². The molecule has 2 rings (SSSR count).